The SMILES string of the molecule is Oc1ccc2nc(CNCc3cc(Cl)cc(Cl)c3)[nH]c2c1. The minimum absolute atomic E-state index is 0.222. The number of nitrogens with one attached hydrogen (secondary N) is 2. The molecule has 0 spiro atoms. The lowest BCUT2D eigenvalue weighted by molar-refractivity contribution is 0.476. The van der Waals surface area contributed by atoms with Crippen LogP contribution in [0.2, 0.25) is 10.0 Å². The predicted octanol–water partition coefficient (Wildman–Crippen LogP) is 3.87. The maximum Gasteiger partial charge on any atom is 0.121 e. The number of rotatable bonds is 4. The summed E-state index contributed by atoms with van der Waals surface area (Å²) >= 11 is 11.9. The molecular weight excluding hydrogens is 309 g/mol. The molecule has 0 amide bonds. The number of aromatic nitrogens is 2. The number of H-pyrrole nitrogens is 1. The Labute approximate surface area is 131 Å². The first-order valence-corrected chi connectivity index (χ1v) is 7.19. The molecule has 0 saturated carbocycles. The van der Waals surface area contributed by atoms with Crippen molar-refractivity contribution in [1.82, 2.24) is 15.3 Å². The molecule has 6 heteroatoms. The number of benzene rings is 2. The summed E-state index contributed by atoms with van der Waals surface area (Å²) in [5, 5.41) is 13.9. The Morgan fingerprint density at radius 1 is 1.05 bits per heavy atom. The van der Waals surface area contributed by atoms with Gasteiger partial charge in [-0.1, -0.05) is 23.2 Å². The Hall–Kier alpha value is -1.75. The van der Waals surface area contributed by atoms with Crippen LogP contribution < -0.4 is 5.32 Å². The van der Waals surface area contributed by atoms with E-state index in [1.54, 1.807) is 24.3 Å². The number of hydrogen-bond acceptors (Lipinski definition) is 3. The molecule has 3 rings (SSSR count). The summed E-state index contributed by atoms with van der Waals surface area (Å²) in [5.74, 6) is 1.03. The molecule has 3 aromatic rings. The molecule has 0 saturated heterocycles. The largest absolute Gasteiger partial charge is 0.508 e. The van der Waals surface area contributed by atoms with Crippen molar-refractivity contribution >= 4 is 34.2 Å². The van der Waals surface area contributed by atoms with Crippen LogP contribution in [0, 0.1) is 0 Å². The van der Waals surface area contributed by atoms with Gasteiger partial charge in [-0.15, -0.1) is 0 Å². The number of phenolic OH excluding ortho intramolecular Hbond substituents is 1. The van der Waals surface area contributed by atoms with Crippen molar-refractivity contribution in [3.8, 4) is 5.75 Å². The molecule has 3 N–H and O–H groups in total. The van der Waals surface area contributed by atoms with Crippen LogP contribution in [0.1, 0.15) is 11.4 Å². The van der Waals surface area contributed by atoms with E-state index in [9.17, 15) is 5.11 Å². The minimum Gasteiger partial charge on any atom is -0.508 e. The molecule has 4 nitrogen and oxygen atoms in total. The third kappa shape index (κ3) is 3.47. The molecule has 0 atom stereocenters. The molecule has 1 heterocycles. The normalized spacial score (nSPS) is 11.1. The van der Waals surface area contributed by atoms with E-state index in [-0.39, 0.29) is 5.75 Å². The van der Waals surface area contributed by atoms with Gasteiger partial charge in [0.25, 0.3) is 0 Å². The van der Waals surface area contributed by atoms with Crippen LogP contribution in [0.25, 0.3) is 11.0 Å². The lowest BCUT2D eigenvalue weighted by atomic mass is 10.2. The van der Waals surface area contributed by atoms with Crippen molar-refractivity contribution in [3.63, 3.8) is 0 Å². The Morgan fingerprint density at radius 2 is 1.81 bits per heavy atom. The predicted molar refractivity (Wildman–Crippen MR) is 84.8 cm³/mol. The Morgan fingerprint density at radius 3 is 2.57 bits per heavy atom. The maximum absolute atomic E-state index is 9.43. The monoisotopic (exact) mass is 321 g/mol. The van der Waals surface area contributed by atoms with Crippen LogP contribution in [0.5, 0.6) is 5.75 Å². The van der Waals surface area contributed by atoms with E-state index in [1.165, 1.54) is 0 Å². The second-order valence-electron chi connectivity index (χ2n) is 4.77. The van der Waals surface area contributed by atoms with Crippen molar-refractivity contribution in [2.75, 3.05) is 0 Å². The van der Waals surface area contributed by atoms with Crippen LogP contribution in [0.3, 0.4) is 0 Å². The number of phenols is 1. The molecule has 21 heavy (non-hydrogen) atoms. The lowest BCUT2D eigenvalue weighted by Crippen LogP contribution is -2.13. The summed E-state index contributed by atoms with van der Waals surface area (Å²) in [5.41, 5.74) is 2.66. The highest BCUT2D eigenvalue weighted by Gasteiger charge is 2.04. The molecule has 0 fully saturated rings. The molecule has 0 bridgehead atoms. The van der Waals surface area contributed by atoms with Gasteiger partial charge < -0.3 is 15.4 Å². The summed E-state index contributed by atoms with van der Waals surface area (Å²) in [4.78, 5) is 7.60. The first kappa shape index (κ1) is 14.2. The van der Waals surface area contributed by atoms with Gasteiger partial charge in [0.1, 0.15) is 11.6 Å². The van der Waals surface area contributed by atoms with Gasteiger partial charge in [0.2, 0.25) is 0 Å². The van der Waals surface area contributed by atoms with Crippen molar-refractivity contribution in [1.29, 1.82) is 0 Å². The van der Waals surface area contributed by atoms with Crippen LogP contribution in [0.15, 0.2) is 36.4 Å². The molecule has 0 aliphatic heterocycles. The second kappa shape index (κ2) is 5.93. The fourth-order valence-electron chi connectivity index (χ4n) is 2.17. The average molecular weight is 322 g/mol. The summed E-state index contributed by atoms with van der Waals surface area (Å²) < 4.78 is 0. The van der Waals surface area contributed by atoms with E-state index in [4.69, 9.17) is 23.2 Å². The molecular formula is C15H13Cl2N3O. The fourth-order valence-corrected chi connectivity index (χ4v) is 2.74. The summed E-state index contributed by atoms with van der Waals surface area (Å²) in [6.45, 7) is 1.22. The fraction of sp³-hybridized carbons (Fsp3) is 0.133. The quantitative estimate of drug-likeness (QED) is 0.683. The zero-order valence-electron chi connectivity index (χ0n) is 11.0. The number of fused-ring (bicyclic) bond motifs is 1. The highest BCUT2D eigenvalue weighted by Crippen LogP contribution is 2.19. The van der Waals surface area contributed by atoms with Gasteiger partial charge in [-0.05, 0) is 35.9 Å². The lowest BCUT2D eigenvalue weighted by Gasteiger charge is -2.04. The summed E-state index contributed by atoms with van der Waals surface area (Å²) in [6, 6.07) is 10.5. The van der Waals surface area contributed by atoms with E-state index in [2.05, 4.69) is 15.3 Å². The van der Waals surface area contributed by atoms with Crippen molar-refractivity contribution in [2.24, 2.45) is 0 Å². The van der Waals surface area contributed by atoms with Gasteiger partial charge in [0.05, 0.1) is 17.6 Å². The first-order valence-electron chi connectivity index (χ1n) is 6.43. The number of aromatic hydroxyl groups is 1. The van der Waals surface area contributed by atoms with Gasteiger partial charge in [-0.25, -0.2) is 4.98 Å². The van der Waals surface area contributed by atoms with E-state index in [1.807, 2.05) is 12.1 Å². The summed E-state index contributed by atoms with van der Waals surface area (Å²) in [6.07, 6.45) is 0. The van der Waals surface area contributed by atoms with Crippen LogP contribution in [-0.2, 0) is 13.1 Å². The topological polar surface area (TPSA) is 60.9 Å². The van der Waals surface area contributed by atoms with E-state index < -0.39 is 0 Å². The van der Waals surface area contributed by atoms with Crippen LogP contribution in [0.4, 0.5) is 0 Å². The Balaban J connectivity index is 1.66. The van der Waals surface area contributed by atoms with Gasteiger partial charge >= 0.3 is 0 Å². The molecule has 2 aromatic carbocycles. The zero-order chi connectivity index (χ0) is 14.8. The number of halogens is 2. The molecule has 0 radical (unpaired) electrons. The smallest absolute Gasteiger partial charge is 0.121 e. The van der Waals surface area contributed by atoms with E-state index in [0.717, 1.165) is 22.4 Å². The standard InChI is InChI=1S/C15H13Cl2N3O/c16-10-3-9(4-11(17)5-10)7-18-8-15-19-13-2-1-12(21)6-14(13)20-15/h1-6,18,21H,7-8H2,(H,19,20). The Kier molecular flexibility index (Phi) is 4.01. The van der Waals surface area contributed by atoms with Crippen molar-refractivity contribution in [3.05, 3.63) is 57.8 Å². The minimum atomic E-state index is 0.222. The first-order chi connectivity index (χ1) is 10.1. The molecule has 1 aromatic heterocycles. The van der Waals surface area contributed by atoms with Gasteiger partial charge in [0.15, 0.2) is 0 Å². The number of nitrogens with zero attached hydrogens (tertiary/aromatic N) is 1. The van der Waals surface area contributed by atoms with E-state index in [0.29, 0.717) is 23.1 Å². The van der Waals surface area contributed by atoms with E-state index >= 15 is 0 Å². The second-order valence-corrected chi connectivity index (χ2v) is 5.64. The zero-order valence-corrected chi connectivity index (χ0v) is 12.5. The third-order valence-electron chi connectivity index (χ3n) is 3.06. The Bertz CT molecular complexity index is 765. The van der Waals surface area contributed by atoms with Gasteiger partial charge in [-0.2, -0.15) is 0 Å². The average Bonchev–Trinajstić information content (AvgIpc) is 2.79. The molecule has 0 unspecified atom stereocenters. The van der Waals surface area contributed by atoms with Crippen molar-refractivity contribution < 1.29 is 5.11 Å². The highest BCUT2D eigenvalue weighted by atomic mass is 35.5. The third-order valence-corrected chi connectivity index (χ3v) is 3.49. The summed E-state index contributed by atoms with van der Waals surface area (Å²) in [7, 11) is 0. The number of aromatic amines is 1. The van der Waals surface area contributed by atoms with Gasteiger partial charge in [0, 0.05) is 22.7 Å². The van der Waals surface area contributed by atoms with Crippen molar-refractivity contribution in [2.45, 2.75) is 13.1 Å². The highest BCUT2D eigenvalue weighted by molar-refractivity contribution is 6.34. The molecule has 0 aliphatic rings. The maximum atomic E-state index is 9.43. The van der Waals surface area contributed by atoms with Crippen LogP contribution >= 0.6 is 23.2 Å². The van der Waals surface area contributed by atoms with Gasteiger partial charge in [-0.3, -0.25) is 0 Å². The number of hydrogen-bond donors (Lipinski definition) is 3. The van der Waals surface area contributed by atoms with Crippen LogP contribution in [-0.4, -0.2) is 15.1 Å². The molecule has 0 aliphatic carbocycles. The molecule has 108 valence electrons. The number of imidazole rings is 1.